The van der Waals surface area contributed by atoms with Crippen LogP contribution in [-0.4, -0.2) is 79.7 Å². The molecule has 0 N–H and O–H groups in total. The third-order valence-corrected chi connectivity index (χ3v) is 14.5. The molecule has 2 aromatic carbocycles. The van der Waals surface area contributed by atoms with Crippen LogP contribution < -0.4 is 18.4 Å². The van der Waals surface area contributed by atoms with E-state index in [0.717, 1.165) is 19.1 Å². The number of fused-ring (bicyclic) bond motifs is 1. The van der Waals surface area contributed by atoms with E-state index in [1.165, 1.54) is 21.3 Å². The zero-order chi connectivity index (χ0) is 38.2. The zero-order valence-electron chi connectivity index (χ0n) is 30.6. The van der Waals surface area contributed by atoms with Crippen molar-refractivity contribution in [3.05, 3.63) is 36.4 Å². The lowest BCUT2D eigenvalue weighted by Gasteiger charge is -2.44. The first-order chi connectivity index (χ1) is 22.8. The second kappa shape index (κ2) is 15.0. The van der Waals surface area contributed by atoms with E-state index < -0.39 is 65.7 Å². The van der Waals surface area contributed by atoms with E-state index in [2.05, 4.69) is 44.6 Å². The van der Waals surface area contributed by atoms with Crippen molar-refractivity contribution in [3.63, 3.8) is 0 Å². The molecule has 0 amide bonds. The number of benzene rings is 2. The van der Waals surface area contributed by atoms with Crippen molar-refractivity contribution in [2.75, 3.05) is 21.3 Å². The average Bonchev–Trinajstić information content (AvgIpc) is 3.26. The number of carbonyl (C=O) groups is 1. The lowest BCUT2D eigenvalue weighted by atomic mass is 9.87. The Morgan fingerprint density at radius 2 is 1.64 bits per heavy atom. The molecular formula is C34H49F3O11SSi. The lowest BCUT2D eigenvalue weighted by molar-refractivity contribution is -0.164. The number of hydrogen-bond donors (Lipinski definition) is 0. The van der Waals surface area contributed by atoms with Gasteiger partial charge in [-0.05, 0) is 63.0 Å². The molecule has 0 bridgehead atoms. The van der Waals surface area contributed by atoms with E-state index in [1.54, 1.807) is 12.1 Å². The van der Waals surface area contributed by atoms with Crippen molar-refractivity contribution < 1.29 is 63.4 Å². The predicted octanol–water partition coefficient (Wildman–Crippen LogP) is 7.30. The van der Waals surface area contributed by atoms with Crippen molar-refractivity contribution in [2.45, 2.75) is 109 Å². The standard InChI is InChI=1S/C34H49F3O11SSi/c1-14-21(30(43-11)31(48-50(12,13)32(4,5)6)28-19(2)45-33(7,8)46-28)15-22-16-25(41-9)27-24(29(22)44-20(3)38)17-23(18-26(27)42-10)47-49(39,40)34(35,36)37/h14,16-19,21,28,30-31H,1,15H2,2-13H3/t19-,21+,28+,30+,31+/m1/s1. The summed E-state index contributed by atoms with van der Waals surface area (Å²) in [6, 6.07) is 3.58. The molecule has 1 aliphatic heterocycles. The first-order valence-corrected chi connectivity index (χ1v) is 20.2. The molecule has 0 aliphatic carbocycles. The van der Waals surface area contributed by atoms with Crippen LogP contribution in [-0.2, 0) is 40.0 Å². The van der Waals surface area contributed by atoms with Crippen molar-refractivity contribution in [3.8, 4) is 23.0 Å². The van der Waals surface area contributed by atoms with Crippen LogP contribution in [0.4, 0.5) is 13.2 Å². The van der Waals surface area contributed by atoms with Gasteiger partial charge in [0.2, 0.25) is 0 Å². The SMILES string of the molecule is C=C[C@@H](Cc1cc(OC)c2c(OC)cc(OS(=O)(=O)C(F)(F)F)cc2c1OC(C)=O)[C@H](OC)[C@@H](O[Si](C)(C)C(C)(C)C)[C@H]1OC(C)(C)O[C@@H]1C. The van der Waals surface area contributed by atoms with Gasteiger partial charge in [0.15, 0.2) is 14.1 Å². The van der Waals surface area contributed by atoms with Gasteiger partial charge in [-0.2, -0.15) is 21.6 Å². The maximum absolute atomic E-state index is 13.3. The van der Waals surface area contributed by atoms with Crippen LogP contribution >= 0.6 is 0 Å². The van der Waals surface area contributed by atoms with Gasteiger partial charge in [-0.15, -0.1) is 6.58 Å². The normalized spacial score (nSPS) is 20.2. The molecule has 1 saturated heterocycles. The topological polar surface area (TPSA) is 125 Å². The maximum Gasteiger partial charge on any atom is 0.534 e. The Balaban J connectivity index is 2.28. The Morgan fingerprint density at radius 3 is 2.08 bits per heavy atom. The molecule has 0 saturated carbocycles. The van der Waals surface area contributed by atoms with Gasteiger partial charge in [-0.25, -0.2) is 0 Å². The number of ether oxygens (including phenoxy) is 6. The minimum Gasteiger partial charge on any atom is -0.496 e. The monoisotopic (exact) mass is 750 g/mol. The van der Waals surface area contributed by atoms with Crippen LogP contribution in [0.5, 0.6) is 23.0 Å². The minimum absolute atomic E-state index is 0.00461. The van der Waals surface area contributed by atoms with E-state index in [9.17, 15) is 26.4 Å². The summed E-state index contributed by atoms with van der Waals surface area (Å²) in [5, 5.41) is 0.00450. The summed E-state index contributed by atoms with van der Waals surface area (Å²) in [7, 11) is -4.39. The Labute approximate surface area is 293 Å². The first-order valence-electron chi connectivity index (χ1n) is 15.9. The zero-order valence-corrected chi connectivity index (χ0v) is 32.5. The van der Waals surface area contributed by atoms with E-state index >= 15 is 0 Å². The van der Waals surface area contributed by atoms with Gasteiger partial charge in [0.25, 0.3) is 0 Å². The van der Waals surface area contributed by atoms with Crippen LogP contribution in [0.3, 0.4) is 0 Å². The van der Waals surface area contributed by atoms with E-state index in [0.29, 0.717) is 5.56 Å². The van der Waals surface area contributed by atoms with Crippen LogP contribution in [0.25, 0.3) is 10.8 Å². The highest BCUT2D eigenvalue weighted by atomic mass is 32.2. The van der Waals surface area contributed by atoms with Crippen molar-refractivity contribution in [2.24, 2.45) is 5.92 Å². The van der Waals surface area contributed by atoms with Crippen LogP contribution in [0, 0.1) is 5.92 Å². The number of alkyl halides is 3. The third-order valence-electron chi connectivity index (χ3n) is 9.03. The molecule has 0 aromatic heterocycles. The number of esters is 1. The largest absolute Gasteiger partial charge is 0.534 e. The van der Waals surface area contributed by atoms with Crippen LogP contribution in [0.2, 0.25) is 18.1 Å². The summed E-state index contributed by atoms with van der Waals surface area (Å²) in [5.74, 6) is -2.91. The smallest absolute Gasteiger partial charge is 0.496 e. The molecule has 5 atom stereocenters. The fourth-order valence-corrected chi connectivity index (χ4v) is 7.48. The highest BCUT2D eigenvalue weighted by molar-refractivity contribution is 7.88. The second-order valence-electron chi connectivity index (χ2n) is 14.1. The summed E-state index contributed by atoms with van der Waals surface area (Å²) >= 11 is 0. The molecule has 3 rings (SSSR count). The molecule has 1 fully saturated rings. The van der Waals surface area contributed by atoms with Gasteiger partial charge in [0.05, 0.1) is 31.8 Å². The molecule has 11 nitrogen and oxygen atoms in total. The van der Waals surface area contributed by atoms with Gasteiger partial charge >= 0.3 is 21.6 Å². The lowest BCUT2D eigenvalue weighted by Crippen LogP contribution is -2.55. The predicted molar refractivity (Wildman–Crippen MR) is 184 cm³/mol. The Bertz CT molecular complexity index is 1670. The molecule has 0 radical (unpaired) electrons. The number of halogens is 3. The molecule has 0 spiro atoms. The Morgan fingerprint density at radius 1 is 1.06 bits per heavy atom. The number of hydrogen-bond acceptors (Lipinski definition) is 11. The van der Waals surface area contributed by atoms with Crippen LogP contribution in [0.1, 0.15) is 54.0 Å². The quantitative estimate of drug-likeness (QED) is 0.0483. The maximum atomic E-state index is 13.3. The van der Waals surface area contributed by atoms with Crippen molar-refractivity contribution in [1.82, 2.24) is 0 Å². The summed E-state index contributed by atoms with van der Waals surface area (Å²) in [4.78, 5) is 12.5. The van der Waals surface area contributed by atoms with Gasteiger partial charge in [-0.3, -0.25) is 4.79 Å². The van der Waals surface area contributed by atoms with E-state index in [1.807, 2.05) is 20.8 Å². The van der Waals surface area contributed by atoms with Gasteiger partial charge in [0.1, 0.15) is 35.2 Å². The molecule has 1 heterocycles. The van der Waals surface area contributed by atoms with Crippen molar-refractivity contribution >= 4 is 35.2 Å². The second-order valence-corrected chi connectivity index (χ2v) is 20.4. The molecule has 282 valence electrons. The highest BCUT2D eigenvalue weighted by Crippen LogP contribution is 2.47. The third kappa shape index (κ3) is 8.93. The van der Waals surface area contributed by atoms with E-state index in [-0.39, 0.29) is 45.6 Å². The number of rotatable bonds is 14. The fraction of sp³-hybridized carbons (Fsp3) is 0.618. The van der Waals surface area contributed by atoms with Gasteiger partial charge in [0, 0.05) is 31.4 Å². The molecular weight excluding hydrogens is 702 g/mol. The summed E-state index contributed by atoms with van der Waals surface area (Å²) in [5.41, 5.74) is -5.35. The summed E-state index contributed by atoms with van der Waals surface area (Å²) < 4.78 is 111. The van der Waals surface area contributed by atoms with Crippen LogP contribution in [0.15, 0.2) is 30.9 Å². The average molecular weight is 751 g/mol. The number of carbonyl (C=O) groups excluding carboxylic acids is 1. The van der Waals surface area contributed by atoms with E-state index in [4.69, 9.17) is 32.8 Å². The summed E-state index contributed by atoms with van der Waals surface area (Å²) in [6.45, 7) is 21.3. The first kappa shape index (κ1) is 41.5. The van der Waals surface area contributed by atoms with Gasteiger partial charge < -0.3 is 37.0 Å². The minimum atomic E-state index is -6.06. The fourth-order valence-electron chi connectivity index (χ4n) is 5.73. The molecule has 50 heavy (non-hydrogen) atoms. The molecule has 0 unspecified atom stereocenters. The van der Waals surface area contributed by atoms with Crippen molar-refractivity contribution in [1.29, 1.82) is 0 Å². The molecule has 16 heteroatoms. The highest BCUT2D eigenvalue weighted by Gasteiger charge is 2.51. The number of methoxy groups -OCH3 is 3. The van der Waals surface area contributed by atoms with Gasteiger partial charge in [-0.1, -0.05) is 26.8 Å². The Hall–Kier alpha value is -2.89. The summed E-state index contributed by atoms with van der Waals surface area (Å²) in [6.07, 6.45) is -0.517. The molecule has 2 aromatic rings. The Kier molecular flexibility index (Phi) is 12.5. The molecule has 1 aliphatic rings.